The Morgan fingerprint density at radius 2 is 2.55 bits per heavy atom. The van der Waals surface area contributed by atoms with Crippen molar-refractivity contribution >= 4 is 6.21 Å². The molecule has 0 aromatic carbocycles. The Morgan fingerprint density at radius 3 is 3.09 bits per heavy atom. The van der Waals surface area contributed by atoms with Gasteiger partial charge in [-0.3, -0.25) is 4.99 Å². The molecule has 0 aliphatic heterocycles. The quantitative estimate of drug-likeness (QED) is 0.640. The smallest absolute Gasteiger partial charge is 0.0561 e. The minimum atomic E-state index is 0.429. The number of nitrogens with one attached hydrogen (secondary N) is 1. The largest absolute Gasteiger partial charge is 0.360 e. The predicted octanol–water partition coefficient (Wildman–Crippen LogP) is 2.23. The van der Waals surface area contributed by atoms with Crippen LogP contribution in [-0.2, 0) is 0 Å². The zero-order chi connectivity index (χ0) is 8.10. The van der Waals surface area contributed by atoms with Crippen molar-refractivity contribution in [3.63, 3.8) is 0 Å². The average molecular weight is 150 g/mol. The van der Waals surface area contributed by atoms with E-state index >= 15 is 0 Å². The van der Waals surface area contributed by atoms with Gasteiger partial charge in [0.05, 0.1) is 5.69 Å². The second-order valence-electron chi connectivity index (χ2n) is 2.66. The summed E-state index contributed by atoms with van der Waals surface area (Å²) < 4.78 is 0. The van der Waals surface area contributed by atoms with Gasteiger partial charge >= 0.3 is 0 Å². The molecule has 0 saturated carbocycles. The molecule has 1 aromatic rings. The first-order valence-electron chi connectivity index (χ1n) is 3.99. The van der Waals surface area contributed by atoms with E-state index in [0.29, 0.717) is 6.04 Å². The lowest BCUT2D eigenvalue weighted by Gasteiger charge is -1.97. The molecule has 1 rings (SSSR count). The standard InChI is InChI=1S/C9H14N2/c1-3-8(2)11-7-9-5-4-6-10-9/h4-8,10H,3H2,1-2H3. The van der Waals surface area contributed by atoms with E-state index in [1.54, 1.807) is 0 Å². The molecule has 1 heterocycles. The lowest BCUT2D eigenvalue weighted by Crippen LogP contribution is -1.95. The fourth-order valence-corrected chi connectivity index (χ4v) is 0.737. The van der Waals surface area contributed by atoms with E-state index in [9.17, 15) is 0 Å². The van der Waals surface area contributed by atoms with Crippen molar-refractivity contribution in [2.75, 3.05) is 0 Å². The van der Waals surface area contributed by atoms with Crippen molar-refractivity contribution < 1.29 is 0 Å². The van der Waals surface area contributed by atoms with Gasteiger partial charge in [-0.05, 0) is 25.5 Å². The SMILES string of the molecule is CCC(C)N=Cc1ccc[nH]1. The van der Waals surface area contributed by atoms with Gasteiger partial charge in [-0.2, -0.15) is 0 Å². The third-order valence-corrected chi connectivity index (χ3v) is 1.68. The predicted molar refractivity (Wildman–Crippen MR) is 48.1 cm³/mol. The third kappa shape index (κ3) is 2.58. The first-order chi connectivity index (χ1) is 5.33. The lowest BCUT2D eigenvalue weighted by molar-refractivity contribution is 0.720. The Balaban J connectivity index is 2.48. The van der Waals surface area contributed by atoms with Crippen molar-refractivity contribution in [2.45, 2.75) is 26.3 Å². The third-order valence-electron chi connectivity index (χ3n) is 1.68. The van der Waals surface area contributed by atoms with E-state index in [1.807, 2.05) is 24.5 Å². The molecule has 0 aliphatic rings. The van der Waals surface area contributed by atoms with Crippen LogP contribution < -0.4 is 0 Å². The number of aromatic nitrogens is 1. The van der Waals surface area contributed by atoms with Crippen molar-refractivity contribution in [1.29, 1.82) is 0 Å². The summed E-state index contributed by atoms with van der Waals surface area (Å²) >= 11 is 0. The van der Waals surface area contributed by atoms with Crippen LogP contribution in [0, 0.1) is 0 Å². The van der Waals surface area contributed by atoms with Crippen LogP contribution in [0.1, 0.15) is 26.0 Å². The van der Waals surface area contributed by atoms with Gasteiger partial charge in [0.1, 0.15) is 0 Å². The zero-order valence-electron chi connectivity index (χ0n) is 7.04. The lowest BCUT2D eigenvalue weighted by atomic mass is 10.3. The molecule has 1 N–H and O–H groups in total. The number of nitrogens with zero attached hydrogens (tertiary/aromatic N) is 1. The summed E-state index contributed by atoms with van der Waals surface area (Å²) in [4.78, 5) is 7.40. The highest BCUT2D eigenvalue weighted by atomic mass is 14.8. The minimum absolute atomic E-state index is 0.429. The van der Waals surface area contributed by atoms with Crippen LogP contribution in [0.2, 0.25) is 0 Å². The molecular formula is C9H14N2. The second kappa shape index (κ2) is 3.96. The number of H-pyrrole nitrogens is 1. The van der Waals surface area contributed by atoms with Gasteiger partial charge in [0.2, 0.25) is 0 Å². The van der Waals surface area contributed by atoms with Crippen molar-refractivity contribution in [3.05, 3.63) is 24.0 Å². The van der Waals surface area contributed by atoms with Gasteiger partial charge in [0.15, 0.2) is 0 Å². The molecule has 2 heteroatoms. The van der Waals surface area contributed by atoms with E-state index < -0.39 is 0 Å². The summed E-state index contributed by atoms with van der Waals surface area (Å²) in [5, 5.41) is 0. The van der Waals surface area contributed by atoms with Gasteiger partial charge < -0.3 is 4.98 Å². The number of aliphatic imine (C=N–C) groups is 1. The van der Waals surface area contributed by atoms with Crippen LogP contribution in [-0.4, -0.2) is 17.2 Å². The fourth-order valence-electron chi connectivity index (χ4n) is 0.737. The fraction of sp³-hybridized carbons (Fsp3) is 0.444. The Hall–Kier alpha value is -1.05. The molecule has 1 unspecified atom stereocenters. The van der Waals surface area contributed by atoms with Gasteiger partial charge in [0, 0.05) is 18.5 Å². The van der Waals surface area contributed by atoms with E-state index in [4.69, 9.17) is 0 Å². The molecule has 0 saturated heterocycles. The van der Waals surface area contributed by atoms with Gasteiger partial charge in [-0.15, -0.1) is 0 Å². The molecule has 0 spiro atoms. The van der Waals surface area contributed by atoms with Gasteiger partial charge in [0.25, 0.3) is 0 Å². The highest BCUT2D eigenvalue weighted by molar-refractivity contribution is 5.77. The Labute approximate surface area is 67.4 Å². The molecule has 11 heavy (non-hydrogen) atoms. The van der Waals surface area contributed by atoms with Crippen molar-refractivity contribution in [2.24, 2.45) is 4.99 Å². The van der Waals surface area contributed by atoms with Crippen molar-refractivity contribution in [1.82, 2.24) is 4.98 Å². The Kier molecular flexibility index (Phi) is 2.90. The number of hydrogen-bond acceptors (Lipinski definition) is 1. The van der Waals surface area contributed by atoms with E-state index in [2.05, 4.69) is 23.8 Å². The number of rotatable bonds is 3. The maximum atomic E-state index is 4.33. The minimum Gasteiger partial charge on any atom is -0.360 e. The number of hydrogen-bond donors (Lipinski definition) is 1. The molecule has 0 radical (unpaired) electrons. The monoisotopic (exact) mass is 150 g/mol. The molecule has 0 bridgehead atoms. The normalized spacial score (nSPS) is 14.0. The van der Waals surface area contributed by atoms with Crippen LogP contribution in [0.25, 0.3) is 0 Å². The first kappa shape index (κ1) is 8.05. The summed E-state index contributed by atoms with van der Waals surface area (Å²) in [6, 6.07) is 4.41. The first-order valence-corrected chi connectivity index (χ1v) is 3.99. The summed E-state index contributed by atoms with van der Waals surface area (Å²) in [5.74, 6) is 0. The summed E-state index contributed by atoms with van der Waals surface area (Å²) in [7, 11) is 0. The number of aromatic amines is 1. The maximum absolute atomic E-state index is 4.33. The zero-order valence-corrected chi connectivity index (χ0v) is 7.04. The van der Waals surface area contributed by atoms with Gasteiger partial charge in [-0.1, -0.05) is 6.92 Å². The van der Waals surface area contributed by atoms with Crippen LogP contribution in [0.4, 0.5) is 0 Å². The molecule has 60 valence electrons. The second-order valence-corrected chi connectivity index (χ2v) is 2.66. The van der Waals surface area contributed by atoms with Crippen molar-refractivity contribution in [3.8, 4) is 0 Å². The average Bonchev–Trinajstić information content (AvgIpc) is 2.52. The molecular weight excluding hydrogens is 136 g/mol. The van der Waals surface area contributed by atoms with E-state index in [0.717, 1.165) is 12.1 Å². The molecule has 0 amide bonds. The Bertz CT molecular complexity index is 211. The van der Waals surface area contributed by atoms with Crippen LogP contribution in [0.5, 0.6) is 0 Å². The molecule has 2 nitrogen and oxygen atoms in total. The molecule has 1 atom stereocenters. The molecule has 0 aliphatic carbocycles. The maximum Gasteiger partial charge on any atom is 0.0561 e. The van der Waals surface area contributed by atoms with Crippen LogP contribution in [0.15, 0.2) is 23.3 Å². The summed E-state index contributed by atoms with van der Waals surface area (Å²) in [6.45, 7) is 4.25. The highest BCUT2D eigenvalue weighted by Gasteiger charge is 1.91. The summed E-state index contributed by atoms with van der Waals surface area (Å²) in [5.41, 5.74) is 1.07. The topological polar surface area (TPSA) is 28.1 Å². The highest BCUT2D eigenvalue weighted by Crippen LogP contribution is 1.96. The van der Waals surface area contributed by atoms with E-state index in [-0.39, 0.29) is 0 Å². The molecule has 1 aromatic heterocycles. The Morgan fingerprint density at radius 1 is 1.73 bits per heavy atom. The van der Waals surface area contributed by atoms with Gasteiger partial charge in [-0.25, -0.2) is 0 Å². The summed E-state index contributed by atoms with van der Waals surface area (Å²) in [6.07, 6.45) is 4.88. The van der Waals surface area contributed by atoms with E-state index in [1.165, 1.54) is 0 Å². The van der Waals surface area contributed by atoms with Crippen LogP contribution in [0.3, 0.4) is 0 Å². The molecule has 0 fully saturated rings. The van der Waals surface area contributed by atoms with Crippen LogP contribution >= 0.6 is 0 Å².